The van der Waals surface area contributed by atoms with Gasteiger partial charge in [-0.15, -0.1) is 0 Å². The van der Waals surface area contributed by atoms with Crippen molar-refractivity contribution in [1.82, 2.24) is 4.90 Å². The van der Waals surface area contributed by atoms with E-state index in [1.807, 2.05) is 0 Å². The summed E-state index contributed by atoms with van der Waals surface area (Å²) in [5.41, 5.74) is 0.393. The fraction of sp³-hybridized carbons (Fsp3) is 0.556. The van der Waals surface area contributed by atoms with Crippen molar-refractivity contribution in [2.24, 2.45) is 10.8 Å². The summed E-state index contributed by atoms with van der Waals surface area (Å²) in [6.07, 6.45) is 2.90. The minimum absolute atomic E-state index is 0.0700. The van der Waals surface area contributed by atoms with E-state index in [1.54, 1.807) is 4.90 Å². The molecule has 5 nitrogen and oxygen atoms in total. The number of benzene rings is 1. The lowest BCUT2D eigenvalue weighted by atomic mass is 9.65. The van der Waals surface area contributed by atoms with Crippen molar-refractivity contribution in [2.45, 2.75) is 46.1 Å². The first-order valence-corrected chi connectivity index (χ1v) is 8.57. The number of nitrogens with zero attached hydrogens (tertiary/aromatic N) is 1. The maximum absolute atomic E-state index is 12.6. The first kappa shape index (κ1) is 17.1. The van der Waals surface area contributed by atoms with Gasteiger partial charge in [0, 0.05) is 17.6 Å². The number of carbonyl (C=O) groups is 2. The Morgan fingerprint density at radius 2 is 2.00 bits per heavy atom. The largest absolute Gasteiger partial charge is 0.506 e. The molecule has 1 aromatic carbocycles. The Labute approximate surface area is 147 Å². The van der Waals surface area contributed by atoms with Crippen LogP contribution in [0.1, 0.15) is 40.0 Å². The van der Waals surface area contributed by atoms with Gasteiger partial charge in [0.25, 0.3) is 0 Å². The van der Waals surface area contributed by atoms with Gasteiger partial charge in [0.15, 0.2) is 0 Å². The molecule has 0 spiro atoms. The summed E-state index contributed by atoms with van der Waals surface area (Å²) < 4.78 is 0. The summed E-state index contributed by atoms with van der Waals surface area (Å²) >= 11 is 5.87. The predicted octanol–water partition coefficient (Wildman–Crippen LogP) is 3.41. The Morgan fingerprint density at radius 1 is 1.29 bits per heavy atom. The van der Waals surface area contributed by atoms with E-state index in [0.29, 0.717) is 11.6 Å². The Morgan fingerprint density at radius 3 is 2.71 bits per heavy atom. The van der Waals surface area contributed by atoms with Gasteiger partial charge in [0.1, 0.15) is 5.75 Å². The standard InChI is InChI=1S/C18H23ClN2O3/c1-17(2)7-12-8-18(3,9-17)10-21(12)16(24)15(23)20-13-6-11(19)4-5-14(13)22/h4-6,12,22H,7-10H2,1-3H3,(H,20,23). The second-order valence-electron chi connectivity index (χ2n) is 8.26. The summed E-state index contributed by atoms with van der Waals surface area (Å²) in [6, 6.07) is 4.43. The lowest BCUT2D eigenvalue weighted by molar-refractivity contribution is -0.144. The van der Waals surface area contributed by atoms with Gasteiger partial charge in [-0.2, -0.15) is 0 Å². The van der Waals surface area contributed by atoms with E-state index in [4.69, 9.17) is 11.6 Å². The van der Waals surface area contributed by atoms with Gasteiger partial charge in [0.2, 0.25) is 0 Å². The van der Waals surface area contributed by atoms with Crippen molar-refractivity contribution in [2.75, 3.05) is 11.9 Å². The average Bonchev–Trinajstić information content (AvgIpc) is 2.71. The number of halogens is 1. The van der Waals surface area contributed by atoms with Gasteiger partial charge in [-0.05, 0) is 48.3 Å². The van der Waals surface area contributed by atoms with Crippen LogP contribution in [0, 0.1) is 10.8 Å². The number of carbonyl (C=O) groups excluding carboxylic acids is 2. The van der Waals surface area contributed by atoms with Crippen LogP contribution < -0.4 is 5.32 Å². The number of amides is 2. The Kier molecular flexibility index (Phi) is 4.03. The zero-order valence-electron chi connectivity index (χ0n) is 14.2. The third-order valence-corrected chi connectivity index (χ3v) is 5.31. The number of likely N-dealkylation sites (tertiary alicyclic amines) is 1. The molecule has 0 radical (unpaired) electrons. The lowest BCUT2D eigenvalue weighted by Crippen LogP contribution is -2.43. The first-order chi connectivity index (χ1) is 11.1. The van der Waals surface area contributed by atoms with Gasteiger partial charge in [-0.1, -0.05) is 32.4 Å². The van der Waals surface area contributed by atoms with E-state index in [2.05, 4.69) is 26.1 Å². The summed E-state index contributed by atoms with van der Waals surface area (Å²) in [4.78, 5) is 26.7. The fourth-order valence-corrected chi connectivity index (χ4v) is 4.78. The van der Waals surface area contributed by atoms with E-state index < -0.39 is 11.8 Å². The number of fused-ring (bicyclic) bond motifs is 2. The number of phenols is 1. The number of phenolic OH excluding ortho intramolecular Hbond substituents is 1. The van der Waals surface area contributed by atoms with E-state index >= 15 is 0 Å². The number of nitrogens with one attached hydrogen (secondary N) is 1. The van der Waals surface area contributed by atoms with E-state index in [-0.39, 0.29) is 28.3 Å². The summed E-state index contributed by atoms with van der Waals surface area (Å²) in [6.45, 7) is 7.23. The number of anilines is 1. The van der Waals surface area contributed by atoms with Gasteiger partial charge in [0.05, 0.1) is 5.69 Å². The molecule has 2 amide bonds. The molecule has 130 valence electrons. The molecule has 1 heterocycles. The summed E-state index contributed by atoms with van der Waals surface area (Å²) in [5, 5.41) is 12.6. The second kappa shape index (κ2) is 5.66. The van der Waals surface area contributed by atoms with Crippen molar-refractivity contribution < 1.29 is 14.7 Å². The topological polar surface area (TPSA) is 69.6 Å². The molecule has 2 fully saturated rings. The highest BCUT2D eigenvalue weighted by atomic mass is 35.5. The van der Waals surface area contributed by atoms with Crippen LogP contribution in [0.2, 0.25) is 5.02 Å². The number of hydrogen-bond donors (Lipinski definition) is 2. The van der Waals surface area contributed by atoms with Crippen LogP contribution in [0.25, 0.3) is 0 Å². The molecule has 1 aliphatic carbocycles. The number of aromatic hydroxyl groups is 1. The maximum atomic E-state index is 12.6. The monoisotopic (exact) mass is 350 g/mol. The third-order valence-electron chi connectivity index (χ3n) is 5.08. The van der Waals surface area contributed by atoms with Crippen LogP contribution in [0.4, 0.5) is 5.69 Å². The molecule has 2 atom stereocenters. The highest BCUT2D eigenvalue weighted by Gasteiger charge is 2.51. The van der Waals surface area contributed by atoms with Crippen LogP contribution in [-0.2, 0) is 9.59 Å². The molecule has 0 aromatic heterocycles. The van der Waals surface area contributed by atoms with Gasteiger partial charge in [-0.3, -0.25) is 9.59 Å². The second-order valence-corrected chi connectivity index (χ2v) is 8.70. The minimum Gasteiger partial charge on any atom is -0.506 e. The number of rotatable bonds is 1. The van der Waals surface area contributed by atoms with Crippen molar-refractivity contribution in [3.05, 3.63) is 23.2 Å². The lowest BCUT2D eigenvalue weighted by Gasteiger charge is -2.39. The van der Waals surface area contributed by atoms with Gasteiger partial charge in [-0.25, -0.2) is 0 Å². The van der Waals surface area contributed by atoms with E-state index in [1.165, 1.54) is 18.2 Å². The first-order valence-electron chi connectivity index (χ1n) is 8.19. The molecule has 6 heteroatoms. The Balaban J connectivity index is 1.75. The van der Waals surface area contributed by atoms with Crippen molar-refractivity contribution in [3.63, 3.8) is 0 Å². The molecule has 3 rings (SSSR count). The normalized spacial score (nSPS) is 27.8. The fourth-order valence-electron chi connectivity index (χ4n) is 4.61. The van der Waals surface area contributed by atoms with Crippen molar-refractivity contribution in [1.29, 1.82) is 0 Å². The van der Waals surface area contributed by atoms with Crippen LogP contribution in [0.3, 0.4) is 0 Å². The molecule has 2 unspecified atom stereocenters. The summed E-state index contributed by atoms with van der Waals surface area (Å²) in [7, 11) is 0. The highest BCUT2D eigenvalue weighted by Crippen LogP contribution is 2.52. The molecule has 24 heavy (non-hydrogen) atoms. The average molecular weight is 351 g/mol. The smallest absolute Gasteiger partial charge is 0.314 e. The zero-order valence-corrected chi connectivity index (χ0v) is 15.0. The minimum atomic E-state index is -0.735. The molecule has 1 saturated carbocycles. The predicted molar refractivity (Wildman–Crippen MR) is 93.0 cm³/mol. The van der Waals surface area contributed by atoms with Crippen LogP contribution >= 0.6 is 11.6 Å². The molecule has 2 bridgehead atoms. The molecular formula is C18H23ClN2O3. The van der Waals surface area contributed by atoms with Crippen molar-refractivity contribution >= 4 is 29.1 Å². The number of hydrogen-bond acceptors (Lipinski definition) is 3. The summed E-state index contributed by atoms with van der Waals surface area (Å²) in [5.74, 6) is -1.39. The Hall–Kier alpha value is -1.75. The molecule has 2 aliphatic rings. The third kappa shape index (κ3) is 3.22. The zero-order chi connectivity index (χ0) is 17.7. The van der Waals surface area contributed by atoms with E-state index in [9.17, 15) is 14.7 Å². The van der Waals surface area contributed by atoms with Gasteiger partial charge >= 0.3 is 11.8 Å². The highest BCUT2D eigenvalue weighted by molar-refractivity contribution is 6.40. The van der Waals surface area contributed by atoms with E-state index in [0.717, 1.165) is 19.3 Å². The quantitative estimate of drug-likeness (QED) is 0.602. The molecule has 1 aliphatic heterocycles. The van der Waals surface area contributed by atoms with Crippen molar-refractivity contribution in [3.8, 4) is 5.75 Å². The van der Waals surface area contributed by atoms with Crippen LogP contribution in [-0.4, -0.2) is 34.4 Å². The maximum Gasteiger partial charge on any atom is 0.314 e. The molecular weight excluding hydrogens is 328 g/mol. The molecule has 1 aromatic rings. The molecule has 2 N–H and O–H groups in total. The molecule has 1 saturated heterocycles. The van der Waals surface area contributed by atoms with Gasteiger partial charge < -0.3 is 15.3 Å². The SMILES string of the molecule is CC1(C)CC2CC(C)(CN2C(=O)C(=O)Nc2cc(Cl)ccc2O)C1. The van der Waals surface area contributed by atoms with Crippen LogP contribution in [0.5, 0.6) is 5.75 Å². The Bertz CT molecular complexity index is 704. The van der Waals surface area contributed by atoms with Crippen LogP contribution in [0.15, 0.2) is 18.2 Å².